The molecule has 0 aliphatic rings. The third-order valence-electron chi connectivity index (χ3n) is 6.90. The molecule has 10 heteroatoms. The molecule has 5 rings (SSSR count). The van der Waals surface area contributed by atoms with Gasteiger partial charge < -0.3 is 19.4 Å². The molecule has 4 aromatic carbocycles. The van der Waals surface area contributed by atoms with Crippen molar-refractivity contribution in [3.63, 3.8) is 0 Å². The van der Waals surface area contributed by atoms with Crippen molar-refractivity contribution in [3.05, 3.63) is 118 Å². The van der Waals surface area contributed by atoms with E-state index in [1.54, 1.807) is 30.3 Å². The van der Waals surface area contributed by atoms with Crippen LogP contribution < -0.4 is 10.1 Å². The van der Waals surface area contributed by atoms with Crippen LogP contribution in [0.1, 0.15) is 27.3 Å². The molecule has 1 heterocycles. The number of aromatic nitrogens is 2. The van der Waals surface area contributed by atoms with Gasteiger partial charge in [0.2, 0.25) is 0 Å². The van der Waals surface area contributed by atoms with E-state index < -0.39 is 23.4 Å². The van der Waals surface area contributed by atoms with Crippen molar-refractivity contribution in [2.24, 2.45) is 0 Å². The van der Waals surface area contributed by atoms with E-state index in [-0.39, 0.29) is 29.4 Å². The maximum atomic E-state index is 15.4. The highest BCUT2D eigenvalue weighted by molar-refractivity contribution is 6.30. The highest BCUT2D eigenvalue weighted by Crippen LogP contribution is 2.30. The molecule has 0 atom stereocenters. The fraction of sp³-hybridized carbons (Fsp3) is 0.188. The van der Waals surface area contributed by atoms with E-state index in [1.165, 1.54) is 43.5 Å². The van der Waals surface area contributed by atoms with Crippen LogP contribution in [0.5, 0.6) is 5.75 Å². The fourth-order valence-corrected chi connectivity index (χ4v) is 4.81. The predicted molar refractivity (Wildman–Crippen MR) is 155 cm³/mol. The van der Waals surface area contributed by atoms with Crippen molar-refractivity contribution in [2.75, 3.05) is 20.7 Å². The Labute approximate surface area is 245 Å². The van der Waals surface area contributed by atoms with E-state index in [4.69, 9.17) is 26.1 Å². The molecule has 0 aliphatic heterocycles. The number of nitrogens with zero attached hydrogens (tertiary/aromatic N) is 2. The molecule has 0 unspecified atom stereocenters. The van der Waals surface area contributed by atoms with Gasteiger partial charge in [-0.3, -0.25) is 0 Å². The highest BCUT2D eigenvalue weighted by Gasteiger charge is 2.17. The van der Waals surface area contributed by atoms with Gasteiger partial charge >= 0.3 is 5.97 Å². The van der Waals surface area contributed by atoms with Crippen LogP contribution in [0, 0.1) is 17.5 Å². The number of nitrogens with one attached hydrogen (secondary N) is 1. The number of ether oxygens (including phenoxy) is 2. The highest BCUT2D eigenvalue weighted by atomic mass is 35.5. The second-order valence-corrected chi connectivity index (χ2v) is 10.1. The average molecular weight is 594 g/mol. The van der Waals surface area contributed by atoms with Gasteiger partial charge in [-0.25, -0.2) is 22.9 Å². The Morgan fingerprint density at radius 2 is 1.64 bits per heavy atom. The standard InChI is InChI=1S/C32H27ClF3N3O3/c1-37-11-12-39-29-14-22(32(40)41-2)7-10-28(29)38-31(39)16-21-4-3-19(13-26(21)35)20-6-9-25(34)30(15-20)42-18-23-5-8-24(33)17-27(23)36/h3-10,13-15,17,37H,11-12,16,18H2,1-2H3. The Balaban J connectivity index is 1.40. The minimum atomic E-state index is -0.624. The molecule has 0 fully saturated rings. The number of benzene rings is 4. The molecule has 5 aromatic rings. The smallest absolute Gasteiger partial charge is 0.337 e. The number of hydrogen-bond donors (Lipinski definition) is 1. The Morgan fingerprint density at radius 3 is 2.38 bits per heavy atom. The number of fused-ring (bicyclic) bond motifs is 1. The molecule has 0 radical (unpaired) electrons. The molecule has 0 bridgehead atoms. The fourth-order valence-electron chi connectivity index (χ4n) is 4.65. The lowest BCUT2D eigenvalue weighted by Gasteiger charge is -2.12. The number of halogens is 4. The van der Waals surface area contributed by atoms with Crippen LogP contribution in [0.25, 0.3) is 22.2 Å². The Morgan fingerprint density at radius 1 is 0.905 bits per heavy atom. The number of hydrogen-bond acceptors (Lipinski definition) is 5. The van der Waals surface area contributed by atoms with E-state index >= 15 is 4.39 Å². The van der Waals surface area contributed by atoms with Gasteiger partial charge in [-0.05, 0) is 72.3 Å². The molecule has 6 nitrogen and oxygen atoms in total. The summed E-state index contributed by atoms with van der Waals surface area (Å²) in [6, 6.07) is 18.3. The van der Waals surface area contributed by atoms with Crippen LogP contribution in [0.15, 0.2) is 72.8 Å². The van der Waals surface area contributed by atoms with Crippen LogP contribution in [-0.2, 0) is 24.3 Å². The quantitative estimate of drug-likeness (QED) is 0.178. The summed E-state index contributed by atoms with van der Waals surface area (Å²) in [7, 11) is 3.16. The van der Waals surface area contributed by atoms with Gasteiger partial charge in [-0.15, -0.1) is 0 Å². The Bertz CT molecular complexity index is 1770. The third kappa shape index (κ3) is 6.27. The summed E-state index contributed by atoms with van der Waals surface area (Å²) < 4.78 is 56.4. The third-order valence-corrected chi connectivity index (χ3v) is 7.13. The Kier molecular flexibility index (Phi) is 8.80. The molecule has 1 N–H and O–H groups in total. The van der Waals surface area contributed by atoms with E-state index in [0.717, 1.165) is 11.6 Å². The SMILES string of the molecule is CNCCn1c(Cc2ccc(-c3ccc(F)c(OCc4ccc(Cl)cc4F)c3)cc2F)nc2ccc(C(=O)OC)cc21. The molecule has 0 spiro atoms. The minimum absolute atomic E-state index is 0.0871. The van der Waals surface area contributed by atoms with E-state index in [2.05, 4.69) is 5.32 Å². The van der Waals surface area contributed by atoms with Crippen molar-refractivity contribution >= 4 is 28.6 Å². The molecule has 216 valence electrons. The van der Waals surface area contributed by atoms with E-state index in [0.29, 0.717) is 46.7 Å². The summed E-state index contributed by atoms with van der Waals surface area (Å²) in [4.78, 5) is 16.8. The number of methoxy groups -OCH3 is 1. The molecule has 42 heavy (non-hydrogen) atoms. The molecular weight excluding hydrogens is 567 g/mol. The van der Waals surface area contributed by atoms with Gasteiger partial charge in [0.1, 0.15) is 24.1 Å². The largest absolute Gasteiger partial charge is 0.486 e. The first-order valence-electron chi connectivity index (χ1n) is 13.1. The number of imidazole rings is 1. The van der Waals surface area contributed by atoms with Crippen molar-refractivity contribution in [1.29, 1.82) is 0 Å². The van der Waals surface area contributed by atoms with Crippen molar-refractivity contribution in [1.82, 2.24) is 14.9 Å². The van der Waals surface area contributed by atoms with Crippen molar-refractivity contribution in [2.45, 2.75) is 19.6 Å². The molecule has 0 amide bonds. The molecule has 1 aromatic heterocycles. The summed E-state index contributed by atoms with van der Waals surface area (Å²) in [6.45, 7) is 0.999. The minimum Gasteiger partial charge on any atom is -0.486 e. The number of rotatable bonds is 10. The van der Waals surface area contributed by atoms with Crippen molar-refractivity contribution < 1.29 is 27.4 Å². The zero-order valence-electron chi connectivity index (χ0n) is 22.9. The molecular formula is C32H27ClF3N3O3. The maximum Gasteiger partial charge on any atom is 0.337 e. The topological polar surface area (TPSA) is 65.4 Å². The molecule has 0 aliphatic carbocycles. The van der Waals surface area contributed by atoms with Gasteiger partial charge in [0.15, 0.2) is 11.6 Å². The van der Waals surface area contributed by atoms with E-state index in [9.17, 15) is 13.6 Å². The summed E-state index contributed by atoms with van der Waals surface area (Å²) in [5.41, 5.74) is 3.53. The second kappa shape index (κ2) is 12.7. The lowest BCUT2D eigenvalue weighted by atomic mass is 10.0. The zero-order chi connectivity index (χ0) is 29.8. The van der Waals surface area contributed by atoms with Crippen LogP contribution in [-0.4, -0.2) is 36.2 Å². The van der Waals surface area contributed by atoms with Crippen LogP contribution in [0.4, 0.5) is 13.2 Å². The second-order valence-electron chi connectivity index (χ2n) is 9.63. The first-order chi connectivity index (χ1) is 20.3. The first kappa shape index (κ1) is 29.2. The summed E-state index contributed by atoms with van der Waals surface area (Å²) in [6.07, 6.45) is 0.211. The van der Waals surface area contributed by atoms with Gasteiger partial charge in [0.25, 0.3) is 0 Å². The number of likely N-dealkylation sites (N-methyl/N-ethyl adjacent to an activating group) is 1. The lowest BCUT2D eigenvalue weighted by molar-refractivity contribution is 0.0601. The van der Waals surface area contributed by atoms with Crippen LogP contribution >= 0.6 is 11.6 Å². The number of carbonyl (C=O) groups is 1. The maximum absolute atomic E-state index is 15.4. The summed E-state index contributed by atoms with van der Waals surface area (Å²) >= 11 is 5.79. The number of esters is 1. The van der Waals surface area contributed by atoms with Gasteiger partial charge in [0.05, 0.1) is 23.7 Å². The summed E-state index contributed by atoms with van der Waals surface area (Å²) in [5, 5.41) is 3.35. The normalized spacial score (nSPS) is 11.2. The van der Waals surface area contributed by atoms with Gasteiger partial charge in [-0.1, -0.05) is 35.9 Å². The summed E-state index contributed by atoms with van der Waals surface area (Å²) in [5.74, 6) is -1.53. The van der Waals surface area contributed by atoms with Crippen molar-refractivity contribution in [3.8, 4) is 16.9 Å². The lowest BCUT2D eigenvalue weighted by Crippen LogP contribution is -2.17. The van der Waals surface area contributed by atoms with Gasteiger partial charge in [-0.2, -0.15) is 0 Å². The Hall–Kier alpha value is -4.34. The first-order valence-corrected chi connectivity index (χ1v) is 13.5. The van der Waals surface area contributed by atoms with E-state index in [1.807, 2.05) is 11.6 Å². The monoisotopic (exact) mass is 593 g/mol. The van der Waals surface area contributed by atoms with Crippen LogP contribution in [0.3, 0.4) is 0 Å². The molecule has 0 saturated carbocycles. The predicted octanol–water partition coefficient (Wildman–Crippen LogP) is 6.95. The van der Waals surface area contributed by atoms with Gasteiger partial charge in [0, 0.05) is 30.1 Å². The van der Waals surface area contributed by atoms with Crippen LogP contribution in [0.2, 0.25) is 5.02 Å². The number of carbonyl (C=O) groups excluding carboxylic acids is 1. The molecule has 0 saturated heterocycles. The average Bonchev–Trinajstić information content (AvgIpc) is 3.32. The zero-order valence-corrected chi connectivity index (χ0v) is 23.6.